The molecule has 1 N–H and O–H groups in total. The maximum atomic E-state index is 11.5. The van der Waals surface area contributed by atoms with E-state index in [9.17, 15) is 13.5 Å². The number of diazo groups is 1. The normalized spacial score (nSPS) is 11.3. The van der Waals surface area contributed by atoms with Gasteiger partial charge in [-0.05, 0) is 11.5 Å². The summed E-state index contributed by atoms with van der Waals surface area (Å²) in [6, 6.07) is 7.73. The van der Waals surface area contributed by atoms with Crippen molar-refractivity contribution in [2.75, 3.05) is 0 Å². The highest BCUT2D eigenvalue weighted by Crippen LogP contribution is 2.41. The summed E-state index contributed by atoms with van der Waals surface area (Å²) >= 11 is 0. The van der Waals surface area contributed by atoms with Gasteiger partial charge >= 0.3 is 5.69 Å². The molecule has 0 amide bonds. The summed E-state index contributed by atoms with van der Waals surface area (Å²) in [6.45, 7) is 0. The highest BCUT2D eigenvalue weighted by Gasteiger charge is 2.31. The van der Waals surface area contributed by atoms with E-state index >= 15 is 0 Å². The second kappa shape index (κ2) is 3.87. The van der Waals surface area contributed by atoms with Gasteiger partial charge in [0.05, 0.1) is 0 Å². The lowest BCUT2D eigenvalue weighted by Gasteiger charge is -2.01. The summed E-state index contributed by atoms with van der Waals surface area (Å²) in [5, 5.41) is 19.1. The number of fused-ring (bicyclic) bond motifs is 1. The van der Waals surface area contributed by atoms with Crippen molar-refractivity contribution in [2.45, 2.75) is 4.90 Å². The summed E-state index contributed by atoms with van der Waals surface area (Å²) in [4.78, 5) is 2.37. The molecule has 0 heterocycles. The molecule has 5 nitrogen and oxygen atoms in total. The SMILES string of the molecule is N#[N+]c1c(O)cc2ccccc2c1S(=O)(=O)Cl. The second-order valence-corrected chi connectivity index (χ2v) is 5.84. The van der Waals surface area contributed by atoms with E-state index in [-0.39, 0.29) is 5.39 Å². The fourth-order valence-corrected chi connectivity index (χ4v) is 2.93. The zero-order valence-electron chi connectivity index (χ0n) is 8.33. The molecule has 0 saturated heterocycles. The number of nitrogens with zero attached hydrogens (tertiary/aromatic N) is 2. The van der Waals surface area contributed by atoms with Gasteiger partial charge in [0.15, 0.2) is 9.87 Å². The van der Waals surface area contributed by atoms with Crippen LogP contribution in [0.25, 0.3) is 15.7 Å². The van der Waals surface area contributed by atoms with E-state index < -0.39 is 25.4 Å². The molecule has 0 radical (unpaired) electrons. The Bertz CT molecular complexity index is 750. The van der Waals surface area contributed by atoms with Gasteiger partial charge in [-0.15, -0.1) is 0 Å². The molecule has 0 spiro atoms. The Balaban J connectivity index is 3.10. The Kier molecular flexibility index (Phi) is 2.65. The number of halogens is 1. The molecule has 0 bridgehead atoms. The fourth-order valence-electron chi connectivity index (χ4n) is 1.63. The number of phenols is 1. The monoisotopic (exact) mass is 269 g/mol. The molecular formula is C10H6ClN2O3S+. The summed E-state index contributed by atoms with van der Waals surface area (Å²) in [5.74, 6) is -0.453. The molecule has 86 valence electrons. The van der Waals surface area contributed by atoms with Crippen LogP contribution in [-0.2, 0) is 9.05 Å². The minimum Gasteiger partial charge on any atom is -0.501 e. The highest BCUT2D eigenvalue weighted by molar-refractivity contribution is 8.14. The van der Waals surface area contributed by atoms with Gasteiger partial charge in [0.2, 0.25) is 11.1 Å². The van der Waals surface area contributed by atoms with Crippen LogP contribution in [0.15, 0.2) is 35.2 Å². The van der Waals surface area contributed by atoms with Gasteiger partial charge in [-0.1, -0.05) is 24.3 Å². The Hall–Kier alpha value is -1.84. The highest BCUT2D eigenvalue weighted by atomic mass is 35.7. The van der Waals surface area contributed by atoms with Crippen molar-refractivity contribution in [3.05, 3.63) is 35.3 Å². The Morgan fingerprint density at radius 3 is 2.53 bits per heavy atom. The zero-order valence-corrected chi connectivity index (χ0v) is 9.90. The number of hydrogen-bond acceptors (Lipinski definition) is 4. The van der Waals surface area contributed by atoms with E-state index in [0.717, 1.165) is 0 Å². The topological polar surface area (TPSA) is 82.5 Å². The van der Waals surface area contributed by atoms with Crippen LogP contribution >= 0.6 is 10.7 Å². The van der Waals surface area contributed by atoms with E-state index in [1.54, 1.807) is 18.2 Å². The van der Waals surface area contributed by atoms with Gasteiger partial charge in [-0.25, -0.2) is 8.42 Å². The average Bonchev–Trinajstić information content (AvgIpc) is 2.25. The van der Waals surface area contributed by atoms with Gasteiger partial charge in [-0.2, -0.15) is 0 Å². The van der Waals surface area contributed by atoms with Gasteiger partial charge in [0, 0.05) is 16.1 Å². The Morgan fingerprint density at radius 2 is 1.94 bits per heavy atom. The molecule has 0 atom stereocenters. The molecule has 0 aliphatic rings. The summed E-state index contributed by atoms with van der Waals surface area (Å²) in [7, 11) is 1.15. The van der Waals surface area contributed by atoms with Crippen LogP contribution in [0.5, 0.6) is 5.75 Å². The van der Waals surface area contributed by atoms with Crippen LogP contribution in [0.1, 0.15) is 0 Å². The smallest absolute Gasteiger partial charge is 0.446 e. The van der Waals surface area contributed by atoms with Crippen molar-refractivity contribution in [3.8, 4) is 5.75 Å². The van der Waals surface area contributed by atoms with Gasteiger partial charge < -0.3 is 5.11 Å². The summed E-state index contributed by atoms with van der Waals surface area (Å²) < 4.78 is 22.9. The minimum absolute atomic E-state index is 0.285. The van der Waals surface area contributed by atoms with E-state index in [1.165, 1.54) is 12.1 Å². The predicted octanol–water partition coefficient (Wildman–Crippen LogP) is 2.96. The quantitative estimate of drug-likeness (QED) is 0.637. The molecule has 7 heteroatoms. The molecule has 0 aliphatic carbocycles. The number of aromatic hydroxyl groups is 1. The lowest BCUT2D eigenvalue weighted by atomic mass is 10.1. The van der Waals surface area contributed by atoms with Crippen molar-refractivity contribution in [2.24, 2.45) is 0 Å². The van der Waals surface area contributed by atoms with Crippen molar-refractivity contribution in [3.63, 3.8) is 0 Å². The molecule has 2 aromatic rings. The Labute approximate surface area is 101 Å². The largest absolute Gasteiger partial charge is 0.501 e. The molecular weight excluding hydrogens is 264 g/mol. The van der Waals surface area contributed by atoms with Crippen LogP contribution in [0.3, 0.4) is 0 Å². The van der Waals surface area contributed by atoms with E-state index in [4.69, 9.17) is 16.1 Å². The van der Waals surface area contributed by atoms with Crippen LogP contribution in [0.4, 0.5) is 5.69 Å². The second-order valence-electron chi connectivity index (χ2n) is 3.33. The van der Waals surface area contributed by atoms with Crippen molar-refractivity contribution < 1.29 is 13.5 Å². The molecule has 17 heavy (non-hydrogen) atoms. The first-order valence-corrected chi connectivity index (χ1v) is 6.80. The van der Waals surface area contributed by atoms with Gasteiger partial charge in [0.25, 0.3) is 9.05 Å². The van der Waals surface area contributed by atoms with E-state index in [1.807, 2.05) is 0 Å². The lowest BCUT2D eigenvalue weighted by Crippen LogP contribution is -1.93. The third kappa shape index (κ3) is 1.90. The lowest BCUT2D eigenvalue weighted by molar-refractivity contribution is 0.478. The Morgan fingerprint density at radius 1 is 1.29 bits per heavy atom. The number of rotatable bonds is 1. The van der Waals surface area contributed by atoms with Crippen LogP contribution in [-0.4, -0.2) is 13.5 Å². The minimum atomic E-state index is -4.14. The molecule has 0 fully saturated rings. The van der Waals surface area contributed by atoms with E-state index in [2.05, 4.69) is 4.98 Å². The van der Waals surface area contributed by atoms with Crippen LogP contribution in [0, 0.1) is 5.39 Å². The van der Waals surface area contributed by atoms with Crippen LogP contribution < -0.4 is 0 Å². The zero-order chi connectivity index (χ0) is 12.6. The molecule has 0 aromatic heterocycles. The van der Waals surface area contributed by atoms with Crippen molar-refractivity contribution in [1.82, 2.24) is 0 Å². The first-order chi connectivity index (χ1) is 7.95. The first-order valence-electron chi connectivity index (χ1n) is 4.49. The van der Waals surface area contributed by atoms with E-state index in [0.29, 0.717) is 5.39 Å². The molecule has 2 rings (SSSR count). The number of hydrogen-bond donors (Lipinski definition) is 1. The average molecular weight is 270 g/mol. The summed E-state index contributed by atoms with van der Waals surface area (Å²) in [5.41, 5.74) is -0.460. The maximum Gasteiger partial charge on any atom is 0.446 e. The third-order valence-corrected chi connectivity index (χ3v) is 3.66. The van der Waals surface area contributed by atoms with Crippen LogP contribution in [0.2, 0.25) is 0 Å². The summed E-state index contributed by atoms with van der Waals surface area (Å²) in [6.07, 6.45) is 0. The maximum absolute atomic E-state index is 11.5. The number of phenolic OH excluding ortho intramolecular Hbond substituents is 1. The molecule has 0 aliphatic heterocycles. The molecule has 0 saturated carbocycles. The number of benzene rings is 2. The molecule has 2 aromatic carbocycles. The molecule has 0 unspecified atom stereocenters. The fraction of sp³-hybridized carbons (Fsp3) is 0. The standard InChI is InChI=1S/C10H5ClN2O3S/c11-17(15,16)10-7-4-2-1-3-6(7)5-8(14)9(10)13-12/h1-5H/p+1. The van der Waals surface area contributed by atoms with Gasteiger partial charge in [0.1, 0.15) is 0 Å². The first kappa shape index (κ1) is 11.6. The van der Waals surface area contributed by atoms with Crippen molar-refractivity contribution >= 4 is 36.2 Å². The van der Waals surface area contributed by atoms with Gasteiger partial charge in [-0.3, -0.25) is 0 Å². The predicted molar refractivity (Wildman–Crippen MR) is 63.4 cm³/mol. The third-order valence-electron chi connectivity index (χ3n) is 2.30. The van der Waals surface area contributed by atoms with Crippen molar-refractivity contribution in [1.29, 1.82) is 5.39 Å².